The van der Waals surface area contributed by atoms with Gasteiger partial charge in [0.15, 0.2) is 0 Å². The SMILES string of the molecule is CC(C)OC(=O)C1CCCCCC1. The molecule has 2 heteroatoms. The quantitative estimate of drug-likeness (QED) is 0.487. The van der Waals surface area contributed by atoms with Crippen LogP contribution in [0.3, 0.4) is 0 Å². The van der Waals surface area contributed by atoms with Crippen LogP contribution in [0.4, 0.5) is 0 Å². The molecule has 0 N–H and O–H groups in total. The van der Waals surface area contributed by atoms with E-state index in [2.05, 4.69) is 0 Å². The molecule has 0 radical (unpaired) electrons. The highest BCUT2D eigenvalue weighted by Gasteiger charge is 2.21. The second-order valence-electron chi connectivity index (χ2n) is 4.17. The van der Waals surface area contributed by atoms with E-state index >= 15 is 0 Å². The monoisotopic (exact) mass is 184 g/mol. The number of esters is 1. The molecule has 1 aliphatic rings. The average Bonchev–Trinajstić information content (AvgIpc) is 2.29. The minimum absolute atomic E-state index is 0.0249. The normalized spacial score (nSPS) is 19.9. The third kappa shape index (κ3) is 3.79. The van der Waals surface area contributed by atoms with Crippen LogP contribution in [0.2, 0.25) is 0 Å². The van der Waals surface area contributed by atoms with Gasteiger partial charge < -0.3 is 4.74 Å². The maximum Gasteiger partial charge on any atom is 0.309 e. The van der Waals surface area contributed by atoms with Crippen LogP contribution in [0.5, 0.6) is 0 Å². The van der Waals surface area contributed by atoms with Crippen LogP contribution in [-0.4, -0.2) is 12.1 Å². The maximum atomic E-state index is 11.5. The predicted octanol–water partition coefficient (Wildman–Crippen LogP) is 2.91. The summed E-state index contributed by atoms with van der Waals surface area (Å²) in [6.07, 6.45) is 7.06. The Morgan fingerprint density at radius 1 is 1.15 bits per heavy atom. The molecule has 0 atom stereocenters. The van der Waals surface area contributed by atoms with E-state index < -0.39 is 0 Å². The van der Waals surface area contributed by atoms with Crippen LogP contribution >= 0.6 is 0 Å². The summed E-state index contributed by atoms with van der Waals surface area (Å²) in [6, 6.07) is 0. The zero-order valence-electron chi connectivity index (χ0n) is 8.71. The number of carbonyl (C=O) groups is 1. The highest BCUT2D eigenvalue weighted by atomic mass is 16.5. The van der Waals surface area contributed by atoms with Crippen molar-refractivity contribution in [3.05, 3.63) is 0 Å². The molecule has 0 amide bonds. The van der Waals surface area contributed by atoms with Crippen molar-refractivity contribution >= 4 is 5.97 Å². The van der Waals surface area contributed by atoms with Gasteiger partial charge in [0, 0.05) is 0 Å². The fourth-order valence-electron chi connectivity index (χ4n) is 1.84. The first-order valence-electron chi connectivity index (χ1n) is 5.40. The topological polar surface area (TPSA) is 26.3 Å². The van der Waals surface area contributed by atoms with E-state index in [1.807, 2.05) is 13.8 Å². The van der Waals surface area contributed by atoms with Crippen molar-refractivity contribution < 1.29 is 9.53 Å². The molecule has 0 saturated heterocycles. The molecule has 0 aromatic heterocycles. The summed E-state index contributed by atoms with van der Waals surface area (Å²) in [7, 11) is 0. The van der Waals surface area contributed by atoms with Crippen LogP contribution in [0, 0.1) is 5.92 Å². The van der Waals surface area contributed by atoms with Crippen molar-refractivity contribution in [2.24, 2.45) is 5.92 Å². The van der Waals surface area contributed by atoms with Crippen LogP contribution in [-0.2, 0) is 9.53 Å². The lowest BCUT2D eigenvalue weighted by Gasteiger charge is -2.15. The summed E-state index contributed by atoms with van der Waals surface area (Å²) in [5, 5.41) is 0. The first kappa shape index (κ1) is 10.6. The van der Waals surface area contributed by atoms with Crippen LogP contribution < -0.4 is 0 Å². The molecular weight excluding hydrogens is 164 g/mol. The third-order valence-electron chi connectivity index (χ3n) is 2.54. The minimum Gasteiger partial charge on any atom is -0.463 e. The lowest BCUT2D eigenvalue weighted by atomic mass is 10.0. The van der Waals surface area contributed by atoms with Gasteiger partial charge in [-0.2, -0.15) is 0 Å². The van der Waals surface area contributed by atoms with Crippen molar-refractivity contribution in [1.29, 1.82) is 0 Å². The van der Waals surface area contributed by atoms with Crippen molar-refractivity contribution in [2.45, 2.75) is 58.5 Å². The van der Waals surface area contributed by atoms with E-state index in [9.17, 15) is 4.79 Å². The van der Waals surface area contributed by atoms with Gasteiger partial charge in [-0.05, 0) is 26.7 Å². The Kier molecular flexibility index (Phi) is 4.26. The molecule has 1 saturated carbocycles. The van der Waals surface area contributed by atoms with Gasteiger partial charge in [0.1, 0.15) is 0 Å². The van der Waals surface area contributed by atoms with Crippen LogP contribution in [0.25, 0.3) is 0 Å². The standard InChI is InChI=1S/C11H20O2/c1-9(2)13-11(12)10-7-5-3-4-6-8-10/h9-10H,3-8H2,1-2H3. The maximum absolute atomic E-state index is 11.5. The van der Waals surface area contributed by atoms with E-state index in [4.69, 9.17) is 4.74 Å². The Balaban J connectivity index is 2.35. The van der Waals surface area contributed by atoms with E-state index in [0.717, 1.165) is 12.8 Å². The number of hydrogen-bond donors (Lipinski definition) is 0. The van der Waals surface area contributed by atoms with E-state index in [0.29, 0.717) is 0 Å². The number of hydrogen-bond acceptors (Lipinski definition) is 2. The van der Waals surface area contributed by atoms with Crippen LogP contribution in [0.15, 0.2) is 0 Å². The summed E-state index contributed by atoms with van der Waals surface area (Å²) >= 11 is 0. The lowest BCUT2D eigenvalue weighted by molar-refractivity contribution is -0.152. The zero-order chi connectivity index (χ0) is 9.68. The van der Waals surface area contributed by atoms with Crippen molar-refractivity contribution in [3.63, 3.8) is 0 Å². The van der Waals surface area contributed by atoms with Gasteiger partial charge in [0.05, 0.1) is 12.0 Å². The Morgan fingerprint density at radius 2 is 1.69 bits per heavy atom. The van der Waals surface area contributed by atoms with Crippen molar-refractivity contribution in [3.8, 4) is 0 Å². The average molecular weight is 184 g/mol. The fraction of sp³-hybridized carbons (Fsp3) is 0.909. The lowest BCUT2D eigenvalue weighted by Crippen LogP contribution is -2.20. The van der Waals surface area contributed by atoms with Crippen molar-refractivity contribution in [1.82, 2.24) is 0 Å². The Labute approximate surface area is 80.7 Å². The molecular formula is C11H20O2. The van der Waals surface area contributed by atoms with Gasteiger partial charge in [-0.1, -0.05) is 25.7 Å². The van der Waals surface area contributed by atoms with Crippen molar-refractivity contribution in [2.75, 3.05) is 0 Å². The number of ether oxygens (including phenoxy) is 1. The summed E-state index contributed by atoms with van der Waals surface area (Å²) in [6.45, 7) is 3.82. The zero-order valence-corrected chi connectivity index (χ0v) is 8.71. The molecule has 1 rings (SSSR count). The molecule has 0 aliphatic heterocycles. The highest BCUT2D eigenvalue weighted by Crippen LogP contribution is 2.24. The second-order valence-corrected chi connectivity index (χ2v) is 4.17. The predicted molar refractivity (Wildman–Crippen MR) is 52.4 cm³/mol. The fourth-order valence-corrected chi connectivity index (χ4v) is 1.84. The third-order valence-corrected chi connectivity index (χ3v) is 2.54. The Morgan fingerprint density at radius 3 is 2.15 bits per heavy atom. The molecule has 0 aromatic carbocycles. The van der Waals surface area contributed by atoms with Gasteiger partial charge in [-0.3, -0.25) is 4.79 Å². The summed E-state index contributed by atoms with van der Waals surface area (Å²) < 4.78 is 5.21. The molecule has 0 bridgehead atoms. The first-order chi connectivity index (χ1) is 6.20. The molecule has 1 aliphatic carbocycles. The Hall–Kier alpha value is -0.530. The largest absolute Gasteiger partial charge is 0.463 e. The summed E-state index contributed by atoms with van der Waals surface area (Å²) in [5.41, 5.74) is 0. The van der Waals surface area contributed by atoms with E-state index in [1.54, 1.807) is 0 Å². The smallest absolute Gasteiger partial charge is 0.309 e. The van der Waals surface area contributed by atoms with Gasteiger partial charge in [-0.25, -0.2) is 0 Å². The minimum atomic E-state index is 0.0249. The van der Waals surface area contributed by atoms with Gasteiger partial charge in [-0.15, -0.1) is 0 Å². The number of rotatable bonds is 2. The van der Waals surface area contributed by atoms with E-state index in [-0.39, 0.29) is 18.0 Å². The number of carbonyl (C=O) groups excluding carboxylic acids is 1. The molecule has 0 heterocycles. The molecule has 0 spiro atoms. The highest BCUT2D eigenvalue weighted by molar-refractivity contribution is 5.72. The van der Waals surface area contributed by atoms with Crippen LogP contribution in [0.1, 0.15) is 52.4 Å². The first-order valence-corrected chi connectivity index (χ1v) is 5.40. The second kappa shape index (κ2) is 5.25. The van der Waals surface area contributed by atoms with Gasteiger partial charge in [0.25, 0.3) is 0 Å². The summed E-state index contributed by atoms with van der Waals surface area (Å²) in [4.78, 5) is 11.5. The molecule has 0 aromatic rings. The van der Waals surface area contributed by atoms with E-state index in [1.165, 1.54) is 25.7 Å². The Bertz CT molecular complexity index is 155. The molecule has 76 valence electrons. The summed E-state index contributed by atoms with van der Waals surface area (Å²) in [5.74, 6) is 0.210. The van der Waals surface area contributed by atoms with Gasteiger partial charge in [0.2, 0.25) is 0 Å². The molecule has 13 heavy (non-hydrogen) atoms. The molecule has 0 unspecified atom stereocenters. The van der Waals surface area contributed by atoms with Gasteiger partial charge >= 0.3 is 5.97 Å². The molecule has 1 fully saturated rings. The molecule has 2 nitrogen and oxygen atoms in total.